The lowest BCUT2D eigenvalue weighted by Crippen LogP contribution is -2.39. The summed E-state index contributed by atoms with van der Waals surface area (Å²) in [5, 5.41) is 10.6. The number of carbonyl (C=O) groups excluding carboxylic acids is 4. The fourth-order valence-corrected chi connectivity index (χ4v) is 6.94. The second-order valence-corrected chi connectivity index (χ2v) is 13.3. The number of nitrogens with one attached hydrogen (secondary N) is 3. The first-order valence-corrected chi connectivity index (χ1v) is 18.0. The Labute approximate surface area is 295 Å². The number of benzene rings is 3. The summed E-state index contributed by atoms with van der Waals surface area (Å²) in [5.41, 5.74) is 4.16. The summed E-state index contributed by atoms with van der Waals surface area (Å²) in [6.07, 6.45) is 2.79. The molecule has 0 unspecified atom stereocenters. The van der Waals surface area contributed by atoms with Crippen molar-refractivity contribution in [2.75, 3.05) is 78.5 Å². The lowest BCUT2D eigenvalue weighted by molar-refractivity contribution is 0.0608. The van der Waals surface area contributed by atoms with Gasteiger partial charge in [-0.05, 0) is 80.8 Å². The van der Waals surface area contributed by atoms with E-state index in [9.17, 15) is 19.2 Å². The van der Waals surface area contributed by atoms with Crippen LogP contribution in [0.5, 0.6) is 0 Å². The fraction of sp³-hybridized carbons (Fsp3) is 0.436. The van der Waals surface area contributed by atoms with Crippen LogP contribution in [0.3, 0.4) is 0 Å². The van der Waals surface area contributed by atoms with Gasteiger partial charge < -0.3 is 16.0 Å². The summed E-state index contributed by atoms with van der Waals surface area (Å²) in [4.78, 5) is 59.4. The van der Waals surface area contributed by atoms with Crippen molar-refractivity contribution in [3.63, 3.8) is 0 Å². The van der Waals surface area contributed by atoms with Gasteiger partial charge in [-0.3, -0.25) is 38.8 Å². The van der Waals surface area contributed by atoms with Gasteiger partial charge in [0.25, 0.3) is 23.6 Å². The molecule has 3 N–H and O–H groups in total. The van der Waals surface area contributed by atoms with E-state index in [-0.39, 0.29) is 30.2 Å². The predicted octanol–water partition coefficient (Wildman–Crippen LogP) is 2.84. The van der Waals surface area contributed by atoms with E-state index in [4.69, 9.17) is 0 Å². The maximum Gasteiger partial charge on any atom is 0.261 e. The molecule has 6 rings (SSSR count). The van der Waals surface area contributed by atoms with Crippen LogP contribution in [0.4, 0.5) is 0 Å². The Kier molecular flexibility index (Phi) is 12.5. The summed E-state index contributed by atoms with van der Waals surface area (Å²) in [6.45, 7) is 11.2. The zero-order chi connectivity index (χ0) is 34.7. The second kappa shape index (κ2) is 17.6. The summed E-state index contributed by atoms with van der Waals surface area (Å²) < 4.78 is 0. The third-order valence-corrected chi connectivity index (χ3v) is 9.71. The lowest BCUT2D eigenvalue weighted by Gasteiger charge is -2.26. The number of carbonyl (C=O) groups is 4. The molecule has 3 aromatic rings. The van der Waals surface area contributed by atoms with E-state index in [2.05, 4.69) is 50.0 Å². The number of hydrogen-bond donors (Lipinski definition) is 3. The minimum Gasteiger partial charge on any atom is -0.315 e. The van der Waals surface area contributed by atoms with Crippen LogP contribution in [0.1, 0.15) is 71.8 Å². The average molecular weight is 680 g/mol. The molecule has 264 valence electrons. The molecular formula is C39H49N7O4. The molecule has 11 heteroatoms. The first-order chi connectivity index (χ1) is 24.5. The van der Waals surface area contributed by atoms with Crippen LogP contribution in [0.25, 0.3) is 0 Å². The maximum absolute atomic E-state index is 13.1. The van der Waals surface area contributed by atoms with Gasteiger partial charge in [0.05, 0.1) is 22.3 Å². The molecule has 0 aliphatic carbocycles. The number of hydrogen-bond acceptors (Lipinski definition) is 9. The number of imide groups is 2. The van der Waals surface area contributed by atoms with Gasteiger partial charge in [0.2, 0.25) is 0 Å². The van der Waals surface area contributed by atoms with Crippen molar-refractivity contribution in [3.8, 4) is 0 Å². The van der Waals surface area contributed by atoms with Crippen LogP contribution in [0.2, 0.25) is 0 Å². The molecule has 1 fully saturated rings. The number of amides is 4. The highest BCUT2D eigenvalue weighted by Gasteiger charge is 2.36. The van der Waals surface area contributed by atoms with Crippen molar-refractivity contribution in [1.82, 2.24) is 35.6 Å². The molecule has 3 heterocycles. The first kappa shape index (κ1) is 35.6. The van der Waals surface area contributed by atoms with Gasteiger partial charge in [-0.2, -0.15) is 0 Å². The van der Waals surface area contributed by atoms with E-state index >= 15 is 0 Å². The molecule has 4 amide bonds. The van der Waals surface area contributed by atoms with Crippen LogP contribution < -0.4 is 16.0 Å². The minimum absolute atomic E-state index is 0.256. The van der Waals surface area contributed by atoms with Crippen molar-refractivity contribution in [2.45, 2.75) is 32.4 Å². The van der Waals surface area contributed by atoms with Gasteiger partial charge in [0.15, 0.2) is 0 Å². The molecule has 0 saturated carbocycles. The molecule has 50 heavy (non-hydrogen) atoms. The smallest absolute Gasteiger partial charge is 0.261 e. The summed E-state index contributed by atoms with van der Waals surface area (Å²) in [6, 6.07) is 22.6. The number of nitrogens with zero attached hydrogens (tertiary/aromatic N) is 4. The Morgan fingerprint density at radius 2 is 1.02 bits per heavy atom. The van der Waals surface area contributed by atoms with Gasteiger partial charge in [0, 0.05) is 65.4 Å². The Bertz CT molecular complexity index is 1560. The van der Waals surface area contributed by atoms with Crippen LogP contribution in [-0.4, -0.2) is 122 Å². The van der Waals surface area contributed by atoms with Crippen LogP contribution in [0.15, 0.2) is 72.8 Å². The molecule has 0 radical (unpaired) electrons. The van der Waals surface area contributed by atoms with E-state index in [0.717, 1.165) is 77.3 Å². The fourth-order valence-electron chi connectivity index (χ4n) is 6.94. The topological polar surface area (TPSA) is 117 Å². The largest absolute Gasteiger partial charge is 0.315 e. The molecule has 0 bridgehead atoms. The molecule has 3 aliphatic heterocycles. The zero-order valence-electron chi connectivity index (χ0n) is 28.9. The van der Waals surface area contributed by atoms with E-state index in [1.54, 1.807) is 48.5 Å². The van der Waals surface area contributed by atoms with Gasteiger partial charge in [-0.1, -0.05) is 48.5 Å². The van der Waals surface area contributed by atoms with E-state index in [0.29, 0.717) is 54.9 Å². The van der Waals surface area contributed by atoms with Crippen LogP contribution >= 0.6 is 0 Å². The maximum atomic E-state index is 13.1. The van der Waals surface area contributed by atoms with E-state index in [1.807, 2.05) is 0 Å². The molecule has 3 aromatic carbocycles. The highest BCUT2D eigenvalue weighted by Crippen LogP contribution is 2.24. The van der Waals surface area contributed by atoms with Gasteiger partial charge in [0.1, 0.15) is 0 Å². The molecule has 11 nitrogen and oxygen atoms in total. The van der Waals surface area contributed by atoms with Crippen molar-refractivity contribution >= 4 is 23.6 Å². The zero-order valence-corrected chi connectivity index (χ0v) is 28.9. The Balaban J connectivity index is 1.07. The van der Waals surface area contributed by atoms with E-state index < -0.39 is 0 Å². The summed E-state index contributed by atoms with van der Waals surface area (Å²) in [7, 11) is 0. The quantitative estimate of drug-likeness (QED) is 0.263. The molecule has 0 aromatic heterocycles. The molecule has 0 atom stereocenters. The number of fused-ring (bicyclic) bond motifs is 2. The SMILES string of the molecule is O=C1c2ccccc2C(=O)N1CCCN(CCN1C(=O)c2ccccc2C1=O)Cc1ccc(CN2CCCNCCNCCCNCC2)cc1. The lowest BCUT2D eigenvalue weighted by atomic mass is 10.1. The summed E-state index contributed by atoms with van der Waals surface area (Å²) >= 11 is 0. The molecule has 1 saturated heterocycles. The van der Waals surface area contributed by atoms with Crippen LogP contribution in [-0.2, 0) is 13.1 Å². The highest BCUT2D eigenvalue weighted by atomic mass is 16.2. The van der Waals surface area contributed by atoms with E-state index in [1.165, 1.54) is 15.4 Å². The van der Waals surface area contributed by atoms with Gasteiger partial charge in [-0.15, -0.1) is 0 Å². The average Bonchev–Trinajstić information content (AvgIpc) is 3.53. The predicted molar refractivity (Wildman–Crippen MR) is 193 cm³/mol. The van der Waals surface area contributed by atoms with Crippen molar-refractivity contribution in [3.05, 3.63) is 106 Å². The molecular weight excluding hydrogens is 630 g/mol. The monoisotopic (exact) mass is 679 g/mol. The molecule has 0 spiro atoms. The van der Waals surface area contributed by atoms with Crippen molar-refractivity contribution in [2.24, 2.45) is 0 Å². The minimum atomic E-state index is -0.267. The van der Waals surface area contributed by atoms with Gasteiger partial charge >= 0.3 is 0 Å². The van der Waals surface area contributed by atoms with Gasteiger partial charge in [-0.25, -0.2) is 0 Å². The summed E-state index contributed by atoms with van der Waals surface area (Å²) in [5.74, 6) is -1.05. The molecule has 3 aliphatic rings. The van der Waals surface area contributed by atoms with Crippen LogP contribution in [0, 0.1) is 0 Å². The van der Waals surface area contributed by atoms with Crippen molar-refractivity contribution in [1.29, 1.82) is 0 Å². The first-order valence-electron chi connectivity index (χ1n) is 18.0. The third kappa shape index (κ3) is 8.90. The highest BCUT2D eigenvalue weighted by molar-refractivity contribution is 6.22. The normalized spacial score (nSPS) is 18.1. The Morgan fingerprint density at radius 3 is 1.60 bits per heavy atom. The Morgan fingerprint density at radius 1 is 0.520 bits per heavy atom. The standard InChI is InChI=1S/C39H49N7O4/c47-36-32-8-1-2-9-33(32)37(48)45(36)24-7-23-44(26-27-46-38(49)34-10-3-4-11-35(34)39(46)50)29-31-14-12-30(13-15-31)28-43-22-6-18-41-20-19-40-16-5-17-42-21-25-43/h1-4,8-15,40-42H,5-7,16-29H2. The van der Waals surface area contributed by atoms with Crippen molar-refractivity contribution < 1.29 is 19.2 Å². The second-order valence-electron chi connectivity index (χ2n) is 13.3. The number of rotatable bonds is 11. The third-order valence-electron chi connectivity index (χ3n) is 9.71. The Hall–Kier alpha value is -4.26.